The molecule has 61 heavy (non-hydrogen) atoms. The average Bonchev–Trinajstić information content (AvgIpc) is 3.76. The van der Waals surface area contributed by atoms with Crippen LogP contribution < -0.4 is 0 Å². The number of epoxide rings is 1. The van der Waals surface area contributed by atoms with E-state index >= 15 is 0 Å². The first-order valence-electron chi connectivity index (χ1n) is 24.0. The van der Waals surface area contributed by atoms with Gasteiger partial charge < -0.3 is 29.6 Å². The summed E-state index contributed by atoms with van der Waals surface area (Å²) >= 11 is 0. The fraction of sp³-hybridized carbons (Fsp3) is 0.698. The lowest BCUT2D eigenvalue weighted by molar-refractivity contribution is -0.233. The number of nitrogens with one attached hydrogen (secondary N) is 1. The number of aryl methyl sites for hydroxylation is 2. The molecule has 4 saturated carbocycles. The third kappa shape index (κ3) is 6.56. The van der Waals surface area contributed by atoms with E-state index in [9.17, 15) is 24.9 Å². The van der Waals surface area contributed by atoms with Gasteiger partial charge in [0.1, 0.15) is 11.9 Å². The van der Waals surface area contributed by atoms with Crippen LogP contribution in [-0.4, -0.2) is 67.0 Å². The Bertz CT molecular complexity index is 2220. The number of aliphatic hydroxyl groups is 3. The maximum atomic E-state index is 15.0. The molecule has 0 spiro atoms. The molecule has 5 fully saturated rings. The van der Waals surface area contributed by atoms with E-state index in [-0.39, 0.29) is 59.1 Å². The number of H-pyrrole nitrogens is 1. The number of carbonyl (C=O) groups is 2. The van der Waals surface area contributed by atoms with Gasteiger partial charge in [0, 0.05) is 61.1 Å². The highest BCUT2D eigenvalue weighted by atomic mass is 16.6. The molecule has 0 amide bonds. The number of ketones is 2. The zero-order chi connectivity index (χ0) is 43.6. The van der Waals surface area contributed by atoms with Gasteiger partial charge in [-0.25, -0.2) is 0 Å². The second-order valence-electron chi connectivity index (χ2n) is 22.8. The number of aromatic amines is 1. The van der Waals surface area contributed by atoms with Gasteiger partial charge in [-0.1, -0.05) is 76.8 Å². The maximum Gasteiger partial charge on any atom is 0.160 e. The van der Waals surface area contributed by atoms with E-state index < -0.39 is 28.5 Å². The quantitative estimate of drug-likeness (QED) is 0.135. The number of aliphatic hydroxyl groups excluding tert-OH is 3. The van der Waals surface area contributed by atoms with Gasteiger partial charge in [0.05, 0.1) is 28.8 Å². The van der Waals surface area contributed by atoms with E-state index in [1.54, 1.807) is 0 Å². The van der Waals surface area contributed by atoms with E-state index in [0.717, 1.165) is 67.1 Å². The molecule has 4 N–H and O–H groups in total. The lowest BCUT2D eigenvalue weighted by Crippen LogP contribution is -2.69. The Balaban J connectivity index is 1.18. The monoisotopic (exact) mass is 835 g/mol. The molecule has 1 aliphatic heterocycles. The Morgan fingerprint density at radius 3 is 2.34 bits per heavy atom. The highest BCUT2D eigenvalue weighted by Crippen LogP contribution is 2.76. The third-order valence-corrected chi connectivity index (χ3v) is 18.7. The Labute approximate surface area is 364 Å². The van der Waals surface area contributed by atoms with E-state index in [1.165, 1.54) is 22.3 Å². The summed E-state index contributed by atoms with van der Waals surface area (Å²) in [5.41, 5.74) is 6.94. The highest BCUT2D eigenvalue weighted by molar-refractivity contribution is 6.01. The van der Waals surface area contributed by atoms with Crippen molar-refractivity contribution in [3.63, 3.8) is 0 Å². The Morgan fingerprint density at radius 2 is 1.69 bits per heavy atom. The van der Waals surface area contributed by atoms with Crippen LogP contribution in [0.15, 0.2) is 47.8 Å². The zero-order valence-corrected chi connectivity index (χ0v) is 38.6. The smallest absolute Gasteiger partial charge is 0.160 e. The normalized spacial score (nSPS) is 38.2. The number of benzene rings is 1. The number of carbonyl (C=O) groups excluding carboxylic acids is 2. The number of allylic oxidation sites excluding steroid dienone is 1. The molecule has 1 aromatic carbocycles. The molecule has 8 nitrogen and oxygen atoms in total. The summed E-state index contributed by atoms with van der Waals surface area (Å²) < 4.78 is 8.24. The maximum absolute atomic E-state index is 15.0. The summed E-state index contributed by atoms with van der Waals surface area (Å²) in [7, 11) is 0. The van der Waals surface area contributed by atoms with Crippen molar-refractivity contribution in [1.29, 1.82) is 0 Å². The van der Waals surface area contributed by atoms with Gasteiger partial charge in [0.2, 0.25) is 0 Å². The molecule has 332 valence electrons. The zero-order valence-electron chi connectivity index (χ0n) is 38.6. The summed E-state index contributed by atoms with van der Waals surface area (Å²) in [6.45, 7) is 20.5. The number of aromatic nitrogens is 2. The summed E-state index contributed by atoms with van der Waals surface area (Å²) in [6, 6.07) is 8.89. The van der Waals surface area contributed by atoms with Crippen LogP contribution in [0, 0.1) is 71.0 Å². The summed E-state index contributed by atoms with van der Waals surface area (Å²) in [5.74, 6) is 0.150. The van der Waals surface area contributed by atoms with Crippen LogP contribution in [0.25, 0.3) is 11.0 Å². The summed E-state index contributed by atoms with van der Waals surface area (Å²) in [4.78, 5) is 33.5. The topological polar surface area (TPSA) is 128 Å². The molecule has 0 radical (unpaired) electrons. The van der Waals surface area contributed by atoms with Crippen LogP contribution in [0.3, 0.4) is 0 Å². The Hall–Kier alpha value is -3.04. The minimum absolute atomic E-state index is 0.0697. The molecular weight excluding hydrogens is 761 g/mol. The van der Waals surface area contributed by atoms with Gasteiger partial charge in [0.25, 0.3) is 0 Å². The van der Waals surface area contributed by atoms with Crippen LogP contribution in [0.1, 0.15) is 141 Å². The number of rotatable bonds is 12. The van der Waals surface area contributed by atoms with Gasteiger partial charge >= 0.3 is 0 Å². The molecule has 12 atom stereocenters. The van der Waals surface area contributed by atoms with Crippen molar-refractivity contribution < 1.29 is 29.6 Å². The van der Waals surface area contributed by atoms with Crippen LogP contribution in [-0.2, 0) is 27.3 Å². The number of ether oxygens (including phenoxy) is 1. The predicted molar refractivity (Wildman–Crippen MR) is 240 cm³/mol. The molecule has 3 aromatic rings. The summed E-state index contributed by atoms with van der Waals surface area (Å²) in [6.07, 6.45) is 12.4. The number of hydrogen-bond donors (Lipinski definition) is 4. The number of nitrogens with zero attached hydrogens (tertiary/aromatic N) is 1. The van der Waals surface area contributed by atoms with Crippen molar-refractivity contribution in [3.05, 3.63) is 70.1 Å². The van der Waals surface area contributed by atoms with Crippen LogP contribution >= 0.6 is 0 Å². The van der Waals surface area contributed by atoms with Crippen LogP contribution in [0.2, 0.25) is 0 Å². The van der Waals surface area contributed by atoms with Gasteiger partial charge in [-0.05, 0) is 142 Å². The highest BCUT2D eigenvalue weighted by Gasteiger charge is 2.74. The van der Waals surface area contributed by atoms with Crippen molar-refractivity contribution in [2.75, 3.05) is 6.61 Å². The molecule has 9 rings (SSSR count). The van der Waals surface area contributed by atoms with Gasteiger partial charge in [-0.15, -0.1) is 0 Å². The predicted octanol–water partition coefficient (Wildman–Crippen LogP) is 9.60. The van der Waals surface area contributed by atoms with Crippen molar-refractivity contribution >= 4 is 22.6 Å². The van der Waals surface area contributed by atoms with E-state index in [1.807, 2.05) is 20.0 Å². The Morgan fingerprint density at radius 1 is 1.00 bits per heavy atom. The Kier molecular flexibility index (Phi) is 10.6. The van der Waals surface area contributed by atoms with Gasteiger partial charge in [0.15, 0.2) is 5.78 Å². The molecule has 0 bridgehead atoms. The minimum Gasteiger partial charge on any atom is -0.396 e. The molecule has 0 unspecified atom stereocenters. The molecular formula is C53H74N2O6. The minimum atomic E-state index is -0.761. The third-order valence-electron chi connectivity index (χ3n) is 18.7. The first-order valence-corrected chi connectivity index (χ1v) is 24.0. The van der Waals surface area contributed by atoms with Crippen molar-refractivity contribution in [2.24, 2.45) is 57.2 Å². The molecule has 1 saturated heterocycles. The van der Waals surface area contributed by atoms with Crippen molar-refractivity contribution in [2.45, 2.75) is 170 Å². The summed E-state index contributed by atoms with van der Waals surface area (Å²) in [5, 5.41) is 35.3. The number of hydrogen-bond acceptors (Lipinski definition) is 6. The lowest BCUT2D eigenvalue weighted by Gasteiger charge is -2.71. The molecule has 8 heteroatoms. The molecule has 3 heterocycles. The van der Waals surface area contributed by atoms with Crippen molar-refractivity contribution in [1.82, 2.24) is 9.55 Å². The first-order chi connectivity index (χ1) is 28.8. The largest absolute Gasteiger partial charge is 0.396 e. The first kappa shape index (κ1) is 43.2. The van der Waals surface area contributed by atoms with Gasteiger partial charge in [-0.2, -0.15) is 0 Å². The SMILES string of the molecule is Cc1cc(C)cc(Cc2cn(C[C@H]3C4=C([C@H](C)C[C@@H](O)[C@H]5OC5(C)C)C(=O)C[C@]4(C)[C@@]4(C)CC[C@@H]5[C@@](C)(C[C@H](CCCO)C(=O)[C@@]5(C)C5CCCC5)[C@H]4[C@@H]3O)c3cc[nH]c23)c1. The molecule has 5 aliphatic carbocycles. The number of Topliss-reactive ketones (excluding diaryl/α,β-unsaturated/α-hetero) is 2. The molecule has 2 aromatic heterocycles. The van der Waals surface area contributed by atoms with Crippen LogP contribution in [0.5, 0.6) is 0 Å². The molecule has 6 aliphatic rings. The average molecular weight is 835 g/mol. The van der Waals surface area contributed by atoms with Gasteiger partial charge in [-0.3, -0.25) is 9.59 Å². The van der Waals surface area contributed by atoms with Crippen molar-refractivity contribution in [3.8, 4) is 0 Å². The van der Waals surface area contributed by atoms with E-state index in [4.69, 9.17) is 4.74 Å². The number of fused-ring (bicyclic) bond motifs is 6. The van der Waals surface area contributed by atoms with E-state index in [2.05, 4.69) is 88.5 Å². The standard InChI is InChI=1S/C53H74N2O6/c1-30-21-31(2)23-33(22-30)25-35-28-55(38-17-19-54-44(35)38)29-37-43-42(32(3)24-39(57)48-49(4,5)61-48)40(58)27-52(43,8)51(7)18-16-41-50(6,46(51)45(37)59)26-34(13-12-20-56)47(60)53(41,9)36-14-10-11-15-36/h17,19,21-23,28,32,34,36-37,39,41,45-46,48,54,56-57,59H,10-16,18,20,24-27,29H2,1-9H3/t32-,34+,37+,39-,41-,45-,46-,48-,50-,51+,52+,53+/m1/s1. The lowest BCUT2D eigenvalue weighted by atomic mass is 9.33. The van der Waals surface area contributed by atoms with E-state index in [0.29, 0.717) is 50.4 Å². The fourth-order valence-electron chi connectivity index (χ4n) is 16.1. The van der Waals surface area contributed by atoms with Crippen LogP contribution in [0.4, 0.5) is 0 Å². The second-order valence-corrected chi connectivity index (χ2v) is 22.8. The fourth-order valence-corrected chi connectivity index (χ4v) is 16.1. The second kappa shape index (κ2) is 15.0.